The summed E-state index contributed by atoms with van der Waals surface area (Å²) in [5, 5.41) is 0. The molecule has 0 amide bonds. The van der Waals surface area contributed by atoms with Crippen molar-refractivity contribution in [3.8, 4) is 0 Å². The van der Waals surface area contributed by atoms with E-state index < -0.39 is 0 Å². The molecule has 0 saturated carbocycles. The molecule has 1 nitrogen and oxygen atoms in total. The molecule has 0 aliphatic heterocycles. The second-order valence-electron chi connectivity index (χ2n) is 2.29. The fourth-order valence-corrected chi connectivity index (χ4v) is 1.44. The van der Waals surface area contributed by atoms with E-state index in [-0.39, 0.29) is 18.2 Å². The van der Waals surface area contributed by atoms with E-state index in [0.717, 1.165) is 12.0 Å². The van der Waals surface area contributed by atoms with Gasteiger partial charge in [0.2, 0.25) is 0 Å². The molecule has 12 heavy (non-hydrogen) atoms. The van der Waals surface area contributed by atoms with Crippen LogP contribution in [0.4, 0.5) is 4.39 Å². The van der Waals surface area contributed by atoms with E-state index in [4.69, 9.17) is 5.73 Å². The standard InChI is InChI=1S/C8H9FIN.ClH/c9-7-2-1-6(3-4-11)5-8(7)10;/h1-2,5H,3-4,11H2;1H. The number of benzene rings is 1. The van der Waals surface area contributed by atoms with E-state index in [9.17, 15) is 4.39 Å². The number of hydrogen-bond acceptors (Lipinski definition) is 1. The first-order valence-electron chi connectivity index (χ1n) is 3.38. The van der Waals surface area contributed by atoms with Crippen LogP contribution >= 0.6 is 35.0 Å². The van der Waals surface area contributed by atoms with Crippen LogP contribution in [0.3, 0.4) is 0 Å². The Morgan fingerprint density at radius 3 is 2.58 bits per heavy atom. The maximum absolute atomic E-state index is 12.7. The van der Waals surface area contributed by atoms with E-state index in [2.05, 4.69) is 0 Å². The van der Waals surface area contributed by atoms with Crippen LogP contribution in [0.25, 0.3) is 0 Å². The maximum Gasteiger partial charge on any atom is 0.136 e. The van der Waals surface area contributed by atoms with Crippen LogP contribution in [-0.4, -0.2) is 6.54 Å². The normalized spacial score (nSPS) is 9.25. The third-order valence-electron chi connectivity index (χ3n) is 1.42. The quantitative estimate of drug-likeness (QED) is 0.834. The van der Waals surface area contributed by atoms with Crippen LogP contribution in [0.2, 0.25) is 0 Å². The summed E-state index contributed by atoms with van der Waals surface area (Å²) in [6, 6.07) is 5.07. The molecule has 0 bridgehead atoms. The van der Waals surface area contributed by atoms with Crippen LogP contribution in [-0.2, 0) is 6.42 Å². The minimum atomic E-state index is -0.161. The molecule has 0 spiro atoms. The van der Waals surface area contributed by atoms with E-state index in [1.165, 1.54) is 6.07 Å². The SMILES string of the molecule is Cl.NCCc1ccc(F)c(I)c1. The summed E-state index contributed by atoms with van der Waals surface area (Å²) in [4.78, 5) is 0. The average Bonchev–Trinajstić information content (AvgIpc) is 1.98. The topological polar surface area (TPSA) is 26.0 Å². The van der Waals surface area contributed by atoms with Gasteiger partial charge in [0.25, 0.3) is 0 Å². The Morgan fingerprint density at radius 1 is 1.42 bits per heavy atom. The molecule has 0 atom stereocenters. The Hall–Kier alpha value is 0.130. The summed E-state index contributed by atoms with van der Waals surface area (Å²) in [7, 11) is 0. The lowest BCUT2D eigenvalue weighted by molar-refractivity contribution is 0.619. The van der Waals surface area contributed by atoms with Gasteiger partial charge in [-0.25, -0.2) is 4.39 Å². The van der Waals surface area contributed by atoms with Gasteiger partial charge in [-0.15, -0.1) is 12.4 Å². The highest BCUT2D eigenvalue weighted by Crippen LogP contribution is 2.12. The van der Waals surface area contributed by atoms with Crippen LogP contribution in [0.1, 0.15) is 5.56 Å². The van der Waals surface area contributed by atoms with Crippen LogP contribution in [0.15, 0.2) is 18.2 Å². The Balaban J connectivity index is 0.00000121. The summed E-state index contributed by atoms with van der Waals surface area (Å²) in [6.45, 7) is 0.613. The average molecular weight is 302 g/mol. The van der Waals surface area contributed by atoms with Gasteiger partial charge in [-0.05, 0) is 53.3 Å². The molecule has 1 rings (SSSR count). The van der Waals surface area contributed by atoms with Crippen molar-refractivity contribution in [3.05, 3.63) is 33.1 Å². The zero-order chi connectivity index (χ0) is 8.27. The molecule has 0 aromatic heterocycles. The predicted molar refractivity (Wildman–Crippen MR) is 59.1 cm³/mol. The molecule has 68 valence electrons. The molecule has 0 saturated heterocycles. The summed E-state index contributed by atoms with van der Waals surface area (Å²) in [5.41, 5.74) is 6.45. The van der Waals surface area contributed by atoms with E-state index in [1.54, 1.807) is 6.07 Å². The molecular weight excluding hydrogens is 291 g/mol. The Labute approximate surface area is 91.1 Å². The molecule has 0 aliphatic rings. The van der Waals surface area contributed by atoms with Crippen molar-refractivity contribution < 1.29 is 4.39 Å². The first kappa shape index (κ1) is 12.1. The van der Waals surface area contributed by atoms with Gasteiger partial charge in [0.05, 0.1) is 0 Å². The third-order valence-corrected chi connectivity index (χ3v) is 2.24. The lowest BCUT2D eigenvalue weighted by Gasteiger charge is -1.99. The lowest BCUT2D eigenvalue weighted by atomic mass is 10.1. The van der Waals surface area contributed by atoms with Gasteiger partial charge in [0.1, 0.15) is 5.82 Å². The molecule has 1 aromatic rings. The highest BCUT2D eigenvalue weighted by molar-refractivity contribution is 14.1. The van der Waals surface area contributed by atoms with E-state index in [1.807, 2.05) is 28.7 Å². The fourth-order valence-electron chi connectivity index (χ4n) is 0.862. The zero-order valence-corrected chi connectivity index (χ0v) is 9.36. The minimum absolute atomic E-state index is 0. The van der Waals surface area contributed by atoms with E-state index >= 15 is 0 Å². The lowest BCUT2D eigenvalue weighted by Crippen LogP contribution is -2.02. The largest absolute Gasteiger partial charge is 0.330 e. The number of nitrogens with two attached hydrogens (primary N) is 1. The third kappa shape index (κ3) is 3.25. The maximum atomic E-state index is 12.7. The van der Waals surface area contributed by atoms with E-state index in [0.29, 0.717) is 10.1 Å². The molecule has 2 N–H and O–H groups in total. The van der Waals surface area contributed by atoms with Crippen LogP contribution in [0.5, 0.6) is 0 Å². The molecule has 0 unspecified atom stereocenters. The predicted octanol–water partition coefficient (Wildman–Crippen LogP) is 2.35. The fraction of sp³-hybridized carbons (Fsp3) is 0.250. The Morgan fingerprint density at radius 2 is 2.08 bits per heavy atom. The van der Waals surface area contributed by atoms with Gasteiger partial charge in [-0.3, -0.25) is 0 Å². The second kappa shape index (κ2) is 5.72. The smallest absolute Gasteiger partial charge is 0.136 e. The van der Waals surface area contributed by atoms with Crippen molar-refractivity contribution >= 4 is 35.0 Å². The number of rotatable bonds is 2. The monoisotopic (exact) mass is 301 g/mol. The molecule has 0 heterocycles. The molecule has 0 radical (unpaired) electrons. The molecule has 0 aliphatic carbocycles. The van der Waals surface area contributed by atoms with Crippen molar-refractivity contribution in [2.75, 3.05) is 6.54 Å². The van der Waals surface area contributed by atoms with Crippen LogP contribution in [0, 0.1) is 9.39 Å². The van der Waals surface area contributed by atoms with Gasteiger partial charge in [0, 0.05) is 3.57 Å². The van der Waals surface area contributed by atoms with Gasteiger partial charge in [-0.1, -0.05) is 6.07 Å². The number of halogens is 3. The van der Waals surface area contributed by atoms with Crippen molar-refractivity contribution in [2.24, 2.45) is 5.73 Å². The van der Waals surface area contributed by atoms with Gasteiger partial charge in [-0.2, -0.15) is 0 Å². The van der Waals surface area contributed by atoms with Crippen molar-refractivity contribution in [2.45, 2.75) is 6.42 Å². The Bertz CT molecular complexity index is 255. The summed E-state index contributed by atoms with van der Waals surface area (Å²) in [6.07, 6.45) is 0.816. The van der Waals surface area contributed by atoms with Crippen molar-refractivity contribution in [1.29, 1.82) is 0 Å². The van der Waals surface area contributed by atoms with Crippen LogP contribution < -0.4 is 5.73 Å². The molecule has 0 fully saturated rings. The summed E-state index contributed by atoms with van der Waals surface area (Å²) in [5.74, 6) is -0.161. The first-order valence-corrected chi connectivity index (χ1v) is 4.46. The van der Waals surface area contributed by atoms with Gasteiger partial charge < -0.3 is 5.73 Å². The molecule has 4 heteroatoms. The Kier molecular flexibility index (Phi) is 5.78. The number of hydrogen-bond donors (Lipinski definition) is 1. The first-order chi connectivity index (χ1) is 5.24. The highest BCUT2D eigenvalue weighted by Gasteiger charge is 1.98. The zero-order valence-electron chi connectivity index (χ0n) is 6.39. The van der Waals surface area contributed by atoms with Crippen molar-refractivity contribution in [1.82, 2.24) is 0 Å². The van der Waals surface area contributed by atoms with Gasteiger partial charge in [0.15, 0.2) is 0 Å². The second-order valence-corrected chi connectivity index (χ2v) is 3.45. The minimum Gasteiger partial charge on any atom is -0.330 e. The summed E-state index contributed by atoms with van der Waals surface area (Å²) >= 11 is 1.97. The van der Waals surface area contributed by atoms with Crippen molar-refractivity contribution in [3.63, 3.8) is 0 Å². The van der Waals surface area contributed by atoms with Gasteiger partial charge >= 0.3 is 0 Å². The molecule has 1 aromatic carbocycles. The summed E-state index contributed by atoms with van der Waals surface area (Å²) < 4.78 is 13.4. The molecular formula is C8H10ClFIN. The highest BCUT2D eigenvalue weighted by atomic mass is 127.